The molecule has 168 valence electrons. The van der Waals surface area contributed by atoms with E-state index in [4.69, 9.17) is 14.2 Å². The fraction of sp³-hybridized carbons (Fsp3) is 0.762. The second kappa shape index (κ2) is 7.67. The second-order valence-electron chi connectivity index (χ2n) is 9.18. The first kappa shape index (κ1) is 21.9. The first-order chi connectivity index (χ1) is 14.1. The molecule has 4 rings (SSSR count). The molecule has 2 saturated heterocycles. The number of hydrogen-bond donors (Lipinski definition) is 5. The Labute approximate surface area is 174 Å². The van der Waals surface area contributed by atoms with Crippen LogP contribution in [0.2, 0.25) is 0 Å². The number of ether oxygens (including phenoxy) is 3. The molecule has 9 nitrogen and oxygen atoms in total. The smallest absolute Gasteiger partial charge is 0.334 e. The molecule has 0 aromatic rings. The van der Waals surface area contributed by atoms with Gasteiger partial charge in [0.2, 0.25) is 0 Å². The van der Waals surface area contributed by atoms with Gasteiger partial charge in [-0.05, 0) is 19.8 Å². The van der Waals surface area contributed by atoms with Gasteiger partial charge in [-0.1, -0.05) is 25.2 Å². The molecule has 9 heteroatoms. The number of aliphatic hydroxyl groups excluding tert-OH is 5. The fourth-order valence-corrected chi connectivity index (χ4v) is 5.78. The molecule has 0 bridgehead atoms. The van der Waals surface area contributed by atoms with Gasteiger partial charge < -0.3 is 39.7 Å². The van der Waals surface area contributed by atoms with E-state index >= 15 is 0 Å². The molecule has 4 aliphatic rings. The molecule has 30 heavy (non-hydrogen) atoms. The van der Waals surface area contributed by atoms with Crippen LogP contribution in [0.5, 0.6) is 0 Å². The largest absolute Gasteiger partial charge is 0.458 e. The van der Waals surface area contributed by atoms with Gasteiger partial charge in [-0.25, -0.2) is 4.79 Å². The summed E-state index contributed by atoms with van der Waals surface area (Å²) in [5.74, 6) is -0.723. The third-order valence-electron chi connectivity index (χ3n) is 7.40. The van der Waals surface area contributed by atoms with E-state index in [0.717, 1.165) is 5.57 Å². The molecule has 3 fully saturated rings. The Balaban J connectivity index is 1.63. The molecule has 0 aromatic heterocycles. The maximum absolute atomic E-state index is 12.1. The Kier molecular flexibility index (Phi) is 5.59. The number of fused-ring (bicyclic) bond motifs is 3. The van der Waals surface area contributed by atoms with Gasteiger partial charge in [0.15, 0.2) is 6.29 Å². The van der Waals surface area contributed by atoms with Gasteiger partial charge in [0.1, 0.15) is 30.5 Å². The molecule has 0 unspecified atom stereocenters. The van der Waals surface area contributed by atoms with E-state index in [1.54, 1.807) is 6.08 Å². The highest BCUT2D eigenvalue weighted by Crippen LogP contribution is 2.57. The lowest BCUT2D eigenvalue weighted by atomic mass is 9.55. The minimum atomic E-state index is -1.57. The molecule has 2 aliphatic heterocycles. The zero-order chi connectivity index (χ0) is 22.0. The number of aliphatic hydroxyl groups is 5. The molecular weight excluding hydrogens is 396 g/mol. The molecule has 0 amide bonds. The van der Waals surface area contributed by atoms with Crippen molar-refractivity contribution in [2.24, 2.45) is 17.3 Å². The molecule has 1 saturated carbocycles. The first-order valence-electron chi connectivity index (χ1n) is 10.3. The normalized spacial score (nSPS) is 51.1. The highest BCUT2D eigenvalue weighted by atomic mass is 16.7. The number of rotatable bonds is 3. The summed E-state index contributed by atoms with van der Waals surface area (Å²) in [6.45, 7) is 7.13. The topological polar surface area (TPSA) is 146 Å². The third kappa shape index (κ3) is 3.15. The van der Waals surface area contributed by atoms with Crippen LogP contribution in [0.3, 0.4) is 0 Å². The summed E-state index contributed by atoms with van der Waals surface area (Å²) in [6, 6.07) is 0. The minimum Gasteiger partial charge on any atom is -0.458 e. The van der Waals surface area contributed by atoms with Crippen LogP contribution in [0.25, 0.3) is 0 Å². The van der Waals surface area contributed by atoms with Crippen LogP contribution in [-0.4, -0.2) is 87.1 Å². The Morgan fingerprint density at radius 2 is 1.93 bits per heavy atom. The van der Waals surface area contributed by atoms with Crippen LogP contribution in [0.15, 0.2) is 23.8 Å². The van der Waals surface area contributed by atoms with Crippen LogP contribution in [0, 0.1) is 17.3 Å². The zero-order valence-corrected chi connectivity index (χ0v) is 17.0. The lowest BCUT2D eigenvalue weighted by molar-refractivity contribution is -0.330. The van der Waals surface area contributed by atoms with E-state index in [-0.39, 0.29) is 11.8 Å². The summed E-state index contributed by atoms with van der Waals surface area (Å²) >= 11 is 0. The van der Waals surface area contributed by atoms with Crippen molar-refractivity contribution < 1.29 is 44.5 Å². The Bertz CT molecular complexity index is 749. The van der Waals surface area contributed by atoms with Crippen molar-refractivity contribution in [3.63, 3.8) is 0 Å². The molecular formula is C21H30O9. The Morgan fingerprint density at radius 1 is 1.23 bits per heavy atom. The van der Waals surface area contributed by atoms with Crippen LogP contribution in [0.4, 0.5) is 0 Å². The average Bonchev–Trinajstić information content (AvgIpc) is 2.98. The van der Waals surface area contributed by atoms with Crippen molar-refractivity contribution in [1.29, 1.82) is 0 Å². The predicted octanol–water partition coefficient (Wildman–Crippen LogP) is -0.994. The lowest BCUT2D eigenvalue weighted by Crippen LogP contribution is -2.63. The van der Waals surface area contributed by atoms with Crippen LogP contribution >= 0.6 is 0 Å². The first-order valence-corrected chi connectivity index (χ1v) is 10.3. The number of carbonyl (C=O) groups is 1. The van der Waals surface area contributed by atoms with Gasteiger partial charge in [0.25, 0.3) is 0 Å². The van der Waals surface area contributed by atoms with Gasteiger partial charge in [-0.3, -0.25) is 0 Å². The molecule has 0 radical (unpaired) electrons. The average molecular weight is 426 g/mol. The summed E-state index contributed by atoms with van der Waals surface area (Å²) in [4.78, 5) is 12.1. The lowest BCUT2D eigenvalue weighted by Gasteiger charge is -2.55. The summed E-state index contributed by atoms with van der Waals surface area (Å²) in [7, 11) is 0. The number of carbonyl (C=O) groups excluding carboxylic acids is 1. The van der Waals surface area contributed by atoms with E-state index in [1.807, 2.05) is 13.8 Å². The van der Waals surface area contributed by atoms with Crippen LogP contribution in [-0.2, 0) is 19.0 Å². The highest BCUT2D eigenvalue weighted by molar-refractivity contribution is 5.91. The predicted molar refractivity (Wildman–Crippen MR) is 102 cm³/mol. The maximum Gasteiger partial charge on any atom is 0.334 e. The Hall–Kier alpha value is -1.33. The highest BCUT2D eigenvalue weighted by Gasteiger charge is 2.60. The summed E-state index contributed by atoms with van der Waals surface area (Å²) in [6.07, 6.45) is -6.46. The summed E-state index contributed by atoms with van der Waals surface area (Å²) in [5.41, 5.74) is 0.701. The fourth-order valence-electron chi connectivity index (χ4n) is 5.78. The molecule has 0 aromatic carbocycles. The van der Waals surface area contributed by atoms with E-state index in [2.05, 4.69) is 6.58 Å². The van der Waals surface area contributed by atoms with E-state index in [0.29, 0.717) is 18.4 Å². The molecule has 0 spiro atoms. The van der Waals surface area contributed by atoms with Crippen molar-refractivity contribution in [3.05, 3.63) is 23.8 Å². The minimum absolute atomic E-state index is 0.0953. The van der Waals surface area contributed by atoms with Crippen molar-refractivity contribution in [2.75, 3.05) is 6.61 Å². The molecule has 2 heterocycles. The second-order valence-corrected chi connectivity index (χ2v) is 9.18. The van der Waals surface area contributed by atoms with Crippen LogP contribution < -0.4 is 0 Å². The third-order valence-corrected chi connectivity index (χ3v) is 7.40. The van der Waals surface area contributed by atoms with E-state index in [9.17, 15) is 30.3 Å². The van der Waals surface area contributed by atoms with Crippen molar-refractivity contribution in [1.82, 2.24) is 0 Å². The molecule has 11 atom stereocenters. The number of esters is 1. The zero-order valence-electron chi connectivity index (χ0n) is 17.0. The quantitative estimate of drug-likeness (QED) is 0.218. The van der Waals surface area contributed by atoms with Gasteiger partial charge in [-0.15, -0.1) is 0 Å². The van der Waals surface area contributed by atoms with Crippen LogP contribution in [0.1, 0.15) is 26.7 Å². The van der Waals surface area contributed by atoms with Crippen molar-refractivity contribution >= 4 is 5.97 Å². The standard InChI is InChI=1S/C21H30O9/c1-8-6-11(23)18(30-20-16(26)15(25)14(24)12(7-22)28-20)21(3)5-4-10-9(2)19(27)29-17(10)13(8)21/h6,10-18,20,22-26H,2,4-5,7H2,1,3H3/t10-,11+,12+,13+,14-,15+,16-,17-,18+,20+,21+/m0/s1. The Morgan fingerprint density at radius 3 is 2.60 bits per heavy atom. The van der Waals surface area contributed by atoms with Crippen molar-refractivity contribution in [2.45, 2.75) is 75.7 Å². The summed E-state index contributed by atoms with van der Waals surface area (Å²) in [5, 5.41) is 50.7. The van der Waals surface area contributed by atoms with Crippen molar-refractivity contribution in [3.8, 4) is 0 Å². The summed E-state index contributed by atoms with van der Waals surface area (Å²) < 4.78 is 17.1. The van der Waals surface area contributed by atoms with Gasteiger partial charge in [0.05, 0.1) is 18.8 Å². The monoisotopic (exact) mass is 426 g/mol. The molecule has 2 aliphatic carbocycles. The number of hydrogen-bond acceptors (Lipinski definition) is 9. The van der Waals surface area contributed by atoms with Gasteiger partial charge in [0, 0.05) is 22.8 Å². The van der Waals surface area contributed by atoms with Gasteiger partial charge in [-0.2, -0.15) is 0 Å². The maximum atomic E-state index is 12.1. The van der Waals surface area contributed by atoms with E-state index in [1.165, 1.54) is 0 Å². The van der Waals surface area contributed by atoms with Gasteiger partial charge >= 0.3 is 5.97 Å². The SMILES string of the molecule is C=C1C(=O)O[C@@H]2[C@H]3C(C)=C[C@@H](O)[C@@H](O[C@H]4O[C@H](CO)[C@H](O)[C@@H](O)[C@@H]4O)[C@]3(C)CC[C@@H]12. The van der Waals surface area contributed by atoms with E-state index < -0.39 is 67.0 Å². The molecule has 5 N–H and O–H groups in total.